The standard InChI is InChI=1S/C12H11FN2O/c13-11-2-1-3-12(10(11)8-14)16-9-4-6-15-7-5-9/h1-7H,8,14H2. The van der Waals surface area contributed by atoms with Crippen LogP contribution < -0.4 is 10.5 Å². The molecule has 2 N–H and O–H groups in total. The Bertz CT molecular complexity index is 474. The highest BCUT2D eigenvalue weighted by Crippen LogP contribution is 2.26. The summed E-state index contributed by atoms with van der Waals surface area (Å²) in [6.45, 7) is 0.104. The average Bonchev–Trinajstić information content (AvgIpc) is 2.31. The van der Waals surface area contributed by atoms with Gasteiger partial charge in [0.2, 0.25) is 0 Å². The first-order valence-electron chi connectivity index (χ1n) is 4.86. The van der Waals surface area contributed by atoms with E-state index in [1.165, 1.54) is 6.07 Å². The summed E-state index contributed by atoms with van der Waals surface area (Å²) in [5, 5.41) is 0. The second-order valence-corrected chi connectivity index (χ2v) is 3.21. The molecule has 82 valence electrons. The predicted molar refractivity (Wildman–Crippen MR) is 58.6 cm³/mol. The number of aromatic nitrogens is 1. The lowest BCUT2D eigenvalue weighted by atomic mass is 10.2. The first-order valence-corrected chi connectivity index (χ1v) is 4.86. The molecule has 1 aromatic carbocycles. The number of hydrogen-bond acceptors (Lipinski definition) is 3. The van der Waals surface area contributed by atoms with E-state index >= 15 is 0 Å². The molecule has 2 aromatic rings. The molecule has 0 fully saturated rings. The molecule has 0 amide bonds. The fraction of sp³-hybridized carbons (Fsp3) is 0.0833. The molecule has 0 saturated carbocycles. The zero-order chi connectivity index (χ0) is 11.4. The number of nitrogens with two attached hydrogens (primary N) is 1. The molecular formula is C12H11FN2O. The Kier molecular flexibility index (Phi) is 3.12. The van der Waals surface area contributed by atoms with Crippen LogP contribution in [-0.2, 0) is 6.54 Å². The van der Waals surface area contributed by atoms with Gasteiger partial charge in [0.25, 0.3) is 0 Å². The number of halogens is 1. The van der Waals surface area contributed by atoms with E-state index in [1.54, 1.807) is 36.7 Å². The molecule has 0 bridgehead atoms. The van der Waals surface area contributed by atoms with Crippen molar-refractivity contribution in [3.05, 3.63) is 54.1 Å². The van der Waals surface area contributed by atoms with Crippen LogP contribution in [0.15, 0.2) is 42.7 Å². The quantitative estimate of drug-likeness (QED) is 0.860. The molecule has 0 aliphatic heterocycles. The summed E-state index contributed by atoms with van der Waals surface area (Å²) in [5.41, 5.74) is 5.85. The van der Waals surface area contributed by atoms with E-state index in [0.717, 1.165) is 0 Å². The number of pyridine rings is 1. The lowest BCUT2D eigenvalue weighted by Crippen LogP contribution is -2.02. The van der Waals surface area contributed by atoms with Crippen molar-refractivity contribution in [2.24, 2.45) is 5.73 Å². The highest BCUT2D eigenvalue weighted by molar-refractivity contribution is 5.38. The monoisotopic (exact) mass is 218 g/mol. The third-order valence-corrected chi connectivity index (χ3v) is 2.16. The van der Waals surface area contributed by atoms with Crippen molar-refractivity contribution in [2.45, 2.75) is 6.54 Å². The van der Waals surface area contributed by atoms with Crippen molar-refractivity contribution in [3.8, 4) is 11.5 Å². The normalized spacial score (nSPS) is 10.1. The van der Waals surface area contributed by atoms with E-state index in [9.17, 15) is 4.39 Å². The van der Waals surface area contributed by atoms with Gasteiger partial charge in [0, 0.05) is 24.5 Å². The van der Waals surface area contributed by atoms with Gasteiger partial charge in [-0.1, -0.05) is 6.07 Å². The van der Waals surface area contributed by atoms with Gasteiger partial charge in [0.05, 0.1) is 0 Å². The lowest BCUT2D eigenvalue weighted by Gasteiger charge is -2.10. The van der Waals surface area contributed by atoms with Gasteiger partial charge in [0.1, 0.15) is 17.3 Å². The molecule has 0 aliphatic carbocycles. The van der Waals surface area contributed by atoms with E-state index in [4.69, 9.17) is 10.5 Å². The van der Waals surface area contributed by atoms with Crippen LogP contribution in [0.2, 0.25) is 0 Å². The summed E-state index contributed by atoms with van der Waals surface area (Å²) in [6, 6.07) is 8.04. The van der Waals surface area contributed by atoms with Gasteiger partial charge in [-0.2, -0.15) is 0 Å². The third kappa shape index (κ3) is 2.17. The van der Waals surface area contributed by atoms with E-state index in [0.29, 0.717) is 17.1 Å². The largest absolute Gasteiger partial charge is 0.457 e. The molecule has 4 heteroatoms. The number of nitrogens with zero attached hydrogens (tertiary/aromatic N) is 1. The average molecular weight is 218 g/mol. The molecule has 2 rings (SSSR count). The summed E-state index contributed by atoms with van der Waals surface area (Å²) < 4.78 is 18.9. The Morgan fingerprint density at radius 3 is 2.62 bits per heavy atom. The van der Waals surface area contributed by atoms with Gasteiger partial charge in [0.15, 0.2) is 0 Å². The van der Waals surface area contributed by atoms with E-state index in [1.807, 2.05) is 0 Å². The number of benzene rings is 1. The van der Waals surface area contributed by atoms with Crippen molar-refractivity contribution in [2.75, 3.05) is 0 Å². The van der Waals surface area contributed by atoms with Crippen LogP contribution in [0.4, 0.5) is 4.39 Å². The first kappa shape index (κ1) is 10.6. The molecule has 16 heavy (non-hydrogen) atoms. The molecule has 1 heterocycles. The minimum Gasteiger partial charge on any atom is -0.457 e. The molecule has 0 saturated heterocycles. The topological polar surface area (TPSA) is 48.1 Å². The first-order chi connectivity index (χ1) is 7.81. The summed E-state index contributed by atoms with van der Waals surface area (Å²) >= 11 is 0. The highest BCUT2D eigenvalue weighted by Gasteiger charge is 2.08. The smallest absolute Gasteiger partial charge is 0.134 e. The highest BCUT2D eigenvalue weighted by atomic mass is 19.1. The van der Waals surface area contributed by atoms with E-state index < -0.39 is 0 Å². The minimum absolute atomic E-state index is 0.104. The molecule has 0 spiro atoms. The van der Waals surface area contributed by atoms with Crippen molar-refractivity contribution in [1.82, 2.24) is 4.98 Å². The van der Waals surface area contributed by atoms with Crippen LogP contribution in [-0.4, -0.2) is 4.98 Å². The fourth-order valence-electron chi connectivity index (χ4n) is 1.37. The van der Waals surface area contributed by atoms with Gasteiger partial charge in [-0.05, 0) is 24.3 Å². The maximum absolute atomic E-state index is 13.4. The van der Waals surface area contributed by atoms with Crippen LogP contribution in [0.5, 0.6) is 11.5 Å². The summed E-state index contributed by atoms with van der Waals surface area (Å²) in [7, 11) is 0. The predicted octanol–water partition coefficient (Wildman–Crippen LogP) is 2.47. The van der Waals surface area contributed by atoms with Crippen molar-refractivity contribution in [1.29, 1.82) is 0 Å². The van der Waals surface area contributed by atoms with Crippen molar-refractivity contribution < 1.29 is 9.13 Å². The van der Waals surface area contributed by atoms with Gasteiger partial charge in [-0.15, -0.1) is 0 Å². The van der Waals surface area contributed by atoms with Crippen LogP contribution in [0.1, 0.15) is 5.56 Å². The van der Waals surface area contributed by atoms with Gasteiger partial charge in [-0.25, -0.2) is 4.39 Å². The molecule has 0 radical (unpaired) electrons. The molecule has 1 aromatic heterocycles. The van der Waals surface area contributed by atoms with Gasteiger partial charge >= 0.3 is 0 Å². The summed E-state index contributed by atoms with van der Waals surface area (Å²) in [4.78, 5) is 3.87. The second kappa shape index (κ2) is 4.72. The van der Waals surface area contributed by atoms with Crippen LogP contribution in [0, 0.1) is 5.82 Å². The van der Waals surface area contributed by atoms with Crippen molar-refractivity contribution in [3.63, 3.8) is 0 Å². The lowest BCUT2D eigenvalue weighted by molar-refractivity contribution is 0.467. The molecular weight excluding hydrogens is 207 g/mol. The number of rotatable bonds is 3. The molecule has 0 aliphatic rings. The Morgan fingerprint density at radius 2 is 1.94 bits per heavy atom. The zero-order valence-electron chi connectivity index (χ0n) is 8.56. The van der Waals surface area contributed by atoms with Crippen LogP contribution in [0.25, 0.3) is 0 Å². The Morgan fingerprint density at radius 1 is 1.19 bits per heavy atom. The van der Waals surface area contributed by atoms with Crippen molar-refractivity contribution >= 4 is 0 Å². The molecule has 3 nitrogen and oxygen atoms in total. The SMILES string of the molecule is NCc1c(F)cccc1Oc1ccncc1. The fourth-order valence-corrected chi connectivity index (χ4v) is 1.37. The van der Waals surface area contributed by atoms with E-state index in [2.05, 4.69) is 4.98 Å². The Labute approximate surface area is 92.7 Å². The van der Waals surface area contributed by atoms with E-state index in [-0.39, 0.29) is 12.4 Å². The summed E-state index contributed by atoms with van der Waals surface area (Å²) in [5.74, 6) is 0.693. The summed E-state index contributed by atoms with van der Waals surface area (Å²) in [6.07, 6.45) is 3.22. The Balaban J connectivity index is 2.31. The molecule has 0 unspecified atom stereocenters. The van der Waals surface area contributed by atoms with Gasteiger partial charge < -0.3 is 10.5 Å². The molecule has 0 atom stereocenters. The number of hydrogen-bond donors (Lipinski definition) is 1. The van der Waals surface area contributed by atoms with Gasteiger partial charge in [-0.3, -0.25) is 4.98 Å². The van der Waals surface area contributed by atoms with Crippen LogP contribution >= 0.6 is 0 Å². The maximum Gasteiger partial charge on any atom is 0.134 e. The third-order valence-electron chi connectivity index (χ3n) is 2.16. The maximum atomic E-state index is 13.4. The minimum atomic E-state index is -0.353. The number of ether oxygens (including phenoxy) is 1. The zero-order valence-corrected chi connectivity index (χ0v) is 8.56. The second-order valence-electron chi connectivity index (χ2n) is 3.21. The Hall–Kier alpha value is -1.94. The van der Waals surface area contributed by atoms with Crippen LogP contribution in [0.3, 0.4) is 0 Å².